The van der Waals surface area contributed by atoms with Gasteiger partial charge in [0.05, 0.1) is 24.5 Å². The second-order valence-electron chi connectivity index (χ2n) is 21.4. The second kappa shape index (κ2) is 28.1. The van der Waals surface area contributed by atoms with Crippen molar-refractivity contribution < 1.29 is 67.1 Å². The highest BCUT2D eigenvalue weighted by molar-refractivity contribution is 6.39. The molecule has 2 amide bonds. The molecule has 3 fully saturated rings. The van der Waals surface area contributed by atoms with Crippen molar-refractivity contribution in [2.24, 2.45) is 35.5 Å². The van der Waals surface area contributed by atoms with E-state index in [4.69, 9.17) is 34.5 Å². The summed E-state index contributed by atoms with van der Waals surface area (Å²) in [6, 6.07) is 2.14. The first-order valence-corrected chi connectivity index (χ1v) is 26.6. The second-order valence-corrected chi connectivity index (χ2v) is 21.4. The van der Waals surface area contributed by atoms with E-state index in [0.717, 1.165) is 5.57 Å². The van der Waals surface area contributed by atoms with Crippen LogP contribution in [0.15, 0.2) is 70.4 Å². The SMILES string of the molecule is C#CCOC(=O)N[C@H]1CC[C@@H](C[C@@H](C)[C@@H]2CC(=O)[C@H](C)/C=C(\C)[C@@H](O)[C@@H](OC)C(=O)[C@H](C)C[C@H](C)/C=C/C=C/C=C(\C)C(c3ccco3)C[C@@H]3CC[C@@H](C)[C@@](O)(O3)C(=O)C(=O)N3CCCC[C@H]3C(=O)O2)C[C@H]1OC. The summed E-state index contributed by atoms with van der Waals surface area (Å²) in [5.41, 5.74) is 1.30. The average molecular weight is 1030 g/mol. The number of aliphatic hydroxyl groups is 2. The Hall–Kier alpha value is -5.18. The highest BCUT2D eigenvalue weighted by Gasteiger charge is 2.53. The number of hydrogen-bond acceptors (Lipinski definition) is 14. The van der Waals surface area contributed by atoms with Crippen LogP contribution in [0.5, 0.6) is 0 Å². The molecule has 16 nitrogen and oxygen atoms in total. The van der Waals surface area contributed by atoms with Gasteiger partial charge in [-0.25, -0.2) is 9.59 Å². The smallest absolute Gasteiger partial charge is 0.408 e. The van der Waals surface area contributed by atoms with Gasteiger partial charge in [0.2, 0.25) is 5.79 Å². The summed E-state index contributed by atoms with van der Waals surface area (Å²) in [6.45, 7) is 12.5. The number of alkyl carbamates (subject to hydrolysis) is 1. The zero-order valence-corrected chi connectivity index (χ0v) is 45.0. The molecule has 1 unspecified atom stereocenters. The van der Waals surface area contributed by atoms with E-state index in [9.17, 15) is 39.0 Å². The summed E-state index contributed by atoms with van der Waals surface area (Å²) in [5.74, 6) is -5.75. The van der Waals surface area contributed by atoms with E-state index >= 15 is 0 Å². The zero-order valence-electron chi connectivity index (χ0n) is 45.0. The molecule has 1 aromatic heterocycles. The van der Waals surface area contributed by atoms with Gasteiger partial charge in [0, 0.05) is 50.9 Å². The molecule has 0 radical (unpaired) electrons. The number of hydrogen-bond donors (Lipinski definition) is 3. The maximum atomic E-state index is 14.6. The minimum Gasteiger partial charge on any atom is -0.469 e. The van der Waals surface area contributed by atoms with Crippen molar-refractivity contribution in [3.8, 4) is 12.3 Å². The number of aliphatic hydroxyl groups excluding tert-OH is 1. The van der Waals surface area contributed by atoms with Gasteiger partial charge in [-0.3, -0.25) is 19.2 Å². The van der Waals surface area contributed by atoms with Crippen molar-refractivity contribution in [3.63, 3.8) is 0 Å². The van der Waals surface area contributed by atoms with Crippen LogP contribution in [-0.2, 0) is 47.7 Å². The number of rotatable bonds is 8. The van der Waals surface area contributed by atoms with E-state index in [1.165, 1.54) is 12.0 Å². The van der Waals surface area contributed by atoms with Crippen molar-refractivity contribution in [1.82, 2.24) is 10.2 Å². The molecule has 16 heteroatoms. The number of piperidine rings is 1. The summed E-state index contributed by atoms with van der Waals surface area (Å²) >= 11 is 0. The van der Waals surface area contributed by atoms with Crippen molar-refractivity contribution >= 4 is 35.3 Å². The number of esters is 1. The molecule has 2 saturated heterocycles. The molecule has 0 aromatic carbocycles. The molecule has 3 N–H and O–H groups in total. The molecule has 408 valence electrons. The lowest BCUT2D eigenvalue weighted by molar-refractivity contribution is -0.264. The summed E-state index contributed by atoms with van der Waals surface area (Å²) < 4.78 is 35.0. The van der Waals surface area contributed by atoms with Crippen molar-refractivity contribution in [2.45, 2.75) is 180 Å². The van der Waals surface area contributed by atoms with Crippen LogP contribution < -0.4 is 5.32 Å². The largest absolute Gasteiger partial charge is 0.469 e. The van der Waals surface area contributed by atoms with Gasteiger partial charge in [-0.1, -0.05) is 82.6 Å². The fourth-order valence-corrected chi connectivity index (χ4v) is 11.2. The monoisotopic (exact) mass is 1030 g/mol. The van der Waals surface area contributed by atoms with Gasteiger partial charge in [0.25, 0.3) is 11.7 Å². The number of amides is 2. The predicted molar refractivity (Wildman–Crippen MR) is 277 cm³/mol. The quantitative estimate of drug-likeness (QED) is 0.0976. The van der Waals surface area contributed by atoms with E-state index in [-0.39, 0.29) is 67.5 Å². The summed E-state index contributed by atoms with van der Waals surface area (Å²) in [7, 11) is 2.94. The molecule has 3 aliphatic heterocycles. The molecular formula is C58H82N2O14. The number of allylic oxidation sites excluding steroid dienone is 7. The standard InChI is InChI=1S/C58H82N2O14/c1-11-27-72-57(67)59-45-25-23-42(32-50(45)69-9)31-38(5)49-34-47(61)37(4)30-40(7)52(63)53(70-10)51(62)39(6)29-35(2)18-13-12-14-19-36(3)44(48-21-17-28-71-48)33-43-24-22-41(8)58(68,74-43)54(64)55(65)60-26-16-15-20-46(60)56(66)73-49/h1,12-14,17-19,21,28,30,35,37-39,41-46,49-50,52-53,63,68H,15-16,20,22-27,29,31-34H2,2-10H3,(H,59,67)/b14-12+,18-13+,36-19+,40-30+/t35-,37-,38-,39-,41-,42+,43+,44?,45+,46+,49+,50-,52-,53+,58-/m1/s1. The molecule has 0 spiro atoms. The molecule has 1 saturated carbocycles. The fourth-order valence-electron chi connectivity index (χ4n) is 11.2. The number of furan rings is 1. The van der Waals surface area contributed by atoms with Gasteiger partial charge in [-0.2, -0.15) is 0 Å². The van der Waals surface area contributed by atoms with Gasteiger partial charge in [-0.15, -0.1) is 6.42 Å². The highest BCUT2D eigenvalue weighted by atomic mass is 16.6. The molecule has 4 heterocycles. The third-order valence-electron chi connectivity index (χ3n) is 15.8. The number of ether oxygens (including phenoxy) is 5. The average Bonchev–Trinajstić information content (AvgIpc) is 3.92. The topological polar surface area (TPSA) is 217 Å². The van der Waals surface area contributed by atoms with Crippen LogP contribution in [0.25, 0.3) is 0 Å². The Bertz CT molecular complexity index is 2240. The third kappa shape index (κ3) is 15.7. The minimum absolute atomic E-state index is 0.00682. The van der Waals surface area contributed by atoms with Crippen molar-refractivity contribution in [1.29, 1.82) is 0 Å². The van der Waals surface area contributed by atoms with Crippen LogP contribution in [0, 0.1) is 47.9 Å². The molecule has 5 rings (SSSR count). The lowest BCUT2D eigenvalue weighted by atomic mass is 9.77. The van der Waals surface area contributed by atoms with E-state index in [1.807, 2.05) is 64.1 Å². The number of fused-ring (bicyclic) bond motifs is 3. The lowest BCUT2D eigenvalue weighted by Gasteiger charge is -2.42. The van der Waals surface area contributed by atoms with Crippen molar-refractivity contribution in [2.75, 3.05) is 27.4 Å². The first-order valence-electron chi connectivity index (χ1n) is 26.6. The maximum absolute atomic E-state index is 14.6. The van der Waals surface area contributed by atoms with Crippen molar-refractivity contribution in [3.05, 3.63) is 71.8 Å². The zero-order chi connectivity index (χ0) is 54.3. The number of nitrogens with one attached hydrogen (secondary N) is 1. The molecule has 1 aliphatic carbocycles. The lowest BCUT2D eigenvalue weighted by Crippen LogP contribution is -2.60. The summed E-state index contributed by atoms with van der Waals surface area (Å²) in [5, 5.41) is 26.6. The number of carbonyl (C=O) groups excluding carboxylic acids is 6. The Morgan fingerprint density at radius 3 is 2.41 bits per heavy atom. The molecule has 74 heavy (non-hydrogen) atoms. The highest BCUT2D eigenvalue weighted by Crippen LogP contribution is 2.40. The van der Waals surface area contributed by atoms with E-state index in [1.54, 1.807) is 46.3 Å². The maximum Gasteiger partial charge on any atom is 0.408 e. The normalized spacial score (nSPS) is 36.6. The number of nitrogens with zero attached hydrogens (tertiary/aromatic N) is 1. The first kappa shape index (κ1) is 59.7. The van der Waals surface area contributed by atoms with Gasteiger partial charge in [0.1, 0.15) is 35.9 Å². The summed E-state index contributed by atoms with van der Waals surface area (Å²) in [6.07, 6.45) is 18.0. The Morgan fingerprint density at radius 2 is 1.72 bits per heavy atom. The Kier molecular flexibility index (Phi) is 22.7. The Balaban J connectivity index is 1.47. The van der Waals surface area contributed by atoms with E-state index < -0.39 is 83.7 Å². The predicted octanol–water partition coefficient (Wildman–Crippen LogP) is 7.91. The number of Topliss-reactive ketones (excluding diaryl/α,β-unsaturated/α-hetero) is 3. The van der Waals surface area contributed by atoms with Gasteiger partial charge < -0.3 is 48.5 Å². The summed E-state index contributed by atoms with van der Waals surface area (Å²) in [4.78, 5) is 85.2. The van der Waals surface area contributed by atoms with Crippen LogP contribution in [-0.4, -0.2) is 126 Å². The minimum atomic E-state index is -2.47. The Morgan fingerprint density at radius 1 is 0.959 bits per heavy atom. The van der Waals surface area contributed by atoms with E-state index in [0.29, 0.717) is 75.5 Å². The van der Waals surface area contributed by atoms with Crippen LogP contribution in [0.4, 0.5) is 4.79 Å². The number of terminal acetylenes is 1. The first-order chi connectivity index (χ1) is 35.2. The van der Waals surface area contributed by atoms with Crippen LogP contribution >= 0.6 is 0 Å². The third-order valence-corrected chi connectivity index (χ3v) is 15.8. The molecule has 2 bridgehead atoms. The molecular weight excluding hydrogens is 949 g/mol. The van der Waals surface area contributed by atoms with Gasteiger partial charge in [0.15, 0.2) is 12.4 Å². The van der Waals surface area contributed by atoms with Gasteiger partial charge >= 0.3 is 12.1 Å². The number of cyclic esters (lactones) is 1. The van der Waals surface area contributed by atoms with Crippen LogP contribution in [0.1, 0.15) is 137 Å². The number of carbonyl (C=O) groups is 6. The van der Waals surface area contributed by atoms with E-state index in [2.05, 4.69) is 11.2 Å². The molecule has 4 aliphatic rings. The molecule has 15 atom stereocenters. The van der Waals surface area contributed by atoms with Crippen LogP contribution in [0.2, 0.25) is 0 Å². The van der Waals surface area contributed by atoms with Crippen LogP contribution in [0.3, 0.4) is 0 Å². The molecule has 1 aromatic rings. The number of methoxy groups -OCH3 is 2. The number of ketones is 3. The Labute approximate surface area is 438 Å². The van der Waals surface area contributed by atoms with Gasteiger partial charge in [-0.05, 0) is 120 Å². The fraction of sp³-hybridized carbons (Fsp3) is 0.655.